The van der Waals surface area contributed by atoms with Gasteiger partial charge < -0.3 is 14.9 Å². The number of rotatable bonds is 5. The first-order valence-electron chi connectivity index (χ1n) is 3.80. The molecule has 0 saturated carbocycles. The Morgan fingerprint density at radius 2 is 2.38 bits per heavy atom. The second kappa shape index (κ2) is 4.84. The molecule has 1 aromatic rings. The Balaban J connectivity index is 2.55. The van der Waals surface area contributed by atoms with Gasteiger partial charge in [0.2, 0.25) is 0 Å². The number of hydrogen-bond acceptors (Lipinski definition) is 4. The Bertz CT molecular complexity index is 281. The molecular formula is C8H10O4S. The third kappa shape index (κ3) is 2.71. The van der Waals surface area contributed by atoms with Gasteiger partial charge in [-0.05, 0) is 11.4 Å². The highest BCUT2D eigenvalue weighted by molar-refractivity contribution is 7.12. The summed E-state index contributed by atoms with van der Waals surface area (Å²) < 4.78 is 5.15. The van der Waals surface area contributed by atoms with E-state index in [1.807, 2.05) is 0 Å². The summed E-state index contributed by atoms with van der Waals surface area (Å²) in [5.41, 5.74) is 0. The van der Waals surface area contributed by atoms with E-state index in [1.165, 1.54) is 0 Å². The summed E-state index contributed by atoms with van der Waals surface area (Å²) >= 11 is 1.13. The topological polar surface area (TPSA) is 66.8 Å². The van der Waals surface area contributed by atoms with Gasteiger partial charge in [-0.15, -0.1) is 11.3 Å². The minimum absolute atomic E-state index is 0.0482. The standard InChI is InChI=1S/C8H10O4S/c9-3-1-4-12-6-2-5-13-7(6)8(10)11/h2,5,9H,1,3-4H2,(H,10,11). The van der Waals surface area contributed by atoms with Gasteiger partial charge in [0.05, 0.1) is 6.61 Å². The van der Waals surface area contributed by atoms with Crippen LogP contribution in [0.3, 0.4) is 0 Å². The smallest absolute Gasteiger partial charge is 0.349 e. The SMILES string of the molecule is O=C(O)c1sccc1OCCCO. The molecule has 1 rings (SSSR count). The highest BCUT2D eigenvalue weighted by Gasteiger charge is 2.12. The van der Waals surface area contributed by atoms with Crippen molar-refractivity contribution < 1.29 is 19.7 Å². The van der Waals surface area contributed by atoms with Crippen LogP contribution in [-0.4, -0.2) is 29.4 Å². The molecule has 0 saturated heterocycles. The average Bonchev–Trinajstić information content (AvgIpc) is 2.53. The van der Waals surface area contributed by atoms with Crippen LogP contribution in [0.4, 0.5) is 0 Å². The summed E-state index contributed by atoms with van der Waals surface area (Å²) in [6.07, 6.45) is 0.509. The number of aliphatic hydroxyl groups excluding tert-OH is 1. The second-order valence-corrected chi connectivity index (χ2v) is 3.26. The van der Waals surface area contributed by atoms with Crippen molar-refractivity contribution in [2.45, 2.75) is 6.42 Å². The van der Waals surface area contributed by atoms with E-state index in [2.05, 4.69) is 0 Å². The van der Waals surface area contributed by atoms with Crippen molar-refractivity contribution >= 4 is 17.3 Å². The fourth-order valence-corrected chi connectivity index (χ4v) is 1.49. The molecule has 0 aromatic carbocycles. The minimum Gasteiger partial charge on any atom is -0.492 e. The van der Waals surface area contributed by atoms with Crippen molar-refractivity contribution in [3.8, 4) is 5.75 Å². The number of carboxylic acid groups (broad SMARTS) is 1. The molecule has 0 unspecified atom stereocenters. The number of hydrogen-bond donors (Lipinski definition) is 2. The van der Waals surface area contributed by atoms with E-state index in [4.69, 9.17) is 14.9 Å². The van der Waals surface area contributed by atoms with Crippen LogP contribution in [0.1, 0.15) is 16.1 Å². The molecule has 1 aromatic heterocycles. The molecule has 0 spiro atoms. The molecule has 0 aliphatic heterocycles. The Kier molecular flexibility index (Phi) is 3.72. The van der Waals surface area contributed by atoms with E-state index in [0.29, 0.717) is 18.8 Å². The molecule has 72 valence electrons. The fourth-order valence-electron chi connectivity index (χ4n) is 0.814. The lowest BCUT2D eigenvalue weighted by molar-refractivity contribution is 0.0698. The van der Waals surface area contributed by atoms with E-state index in [1.54, 1.807) is 11.4 Å². The third-order valence-corrected chi connectivity index (χ3v) is 2.27. The Morgan fingerprint density at radius 3 is 3.00 bits per heavy atom. The molecule has 0 fully saturated rings. The fraction of sp³-hybridized carbons (Fsp3) is 0.375. The van der Waals surface area contributed by atoms with Crippen LogP contribution >= 0.6 is 11.3 Å². The van der Waals surface area contributed by atoms with Gasteiger partial charge in [0.25, 0.3) is 0 Å². The molecule has 0 bridgehead atoms. The Hall–Kier alpha value is -1.07. The first-order chi connectivity index (χ1) is 6.25. The largest absolute Gasteiger partial charge is 0.492 e. The first-order valence-corrected chi connectivity index (χ1v) is 4.68. The van der Waals surface area contributed by atoms with Crippen molar-refractivity contribution in [3.63, 3.8) is 0 Å². The van der Waals surface area contributed by atoms with E-state index in [9.17, 15) is 4.79 Å². The van der Waals surface area contributed by atoms with Gasteiger partial charge >= 0.3 is 5.97 Å². The van der Waals surface area contributed by atoms with Crippen LogP contribution in [0.2, 0.25) is 0 Å². The van der Waals surface area contributed by atoms with Crippen LogP contribution in [-0.2, 0) is 0 Å². The van der Waals surface area contributed by atoms with Crippen LogP contribution in [0.15, 0.2) is 11.4 Å². The number of ether oxygens (including phenoxy) is 1. The monoisotopic (exact) mass is 202 g/mol. The first kappa shape index (κ1) is 10.0. The molecule has 13 heavy (non-hydrogen) atoms. The van der Waals surface area contributed by atoms with Gasteiger partial charge in [0, 0.05) is 13.0 Å². The van der Waals surface area contributed by atoms with Gasteiger partial charge in [-0.2, -0.15) is 0 Å². The Labute approximate surface area is 79.4 Å². The van der Waals surface area contributed by atoms with Crippen LogP contribution in [0.25, 0.3) is 0 Å². The molecule has 0 aliphatic carbocycles. The summed E-state index contributed by atoms with van der Waals surface area (Å²) in [5.74, 6) is -0.597. The maximum absolute atomic E-state index is 10.6. The molecule has 0 amide bonds. The number of thiophene rings is 1. The predicted octanol–water partition coefficient (Wildman–Crippen LogP) is 1.21. The highest BCUT2D eigenvalue weighted by Crippen LogP contribution is 2.24. The number of carboxylic acids is 1. The normalized spacial score (nSPS) is 9.92. The highest BCUT2D eigenvalue weighted by atomic mass is 32.1. The van der Waals surface area contributed by atoms with Crippen LogP contribution in [0, 0.1) is 0 Å². The van der Waals surface area contributed by atoms with Crippen molar-refractivity contribution in [2.24, 2.45) is 0 Å². The zero-order valence-electron chi connectivity index (χ0n) is 6.90. The van der Waals surface area contributed by atoms with Gasteiger partial charge in [-0.1, -0.05) is 0 Å². The van der Waals surface area contributed by atoms with E-state index >= 15 is 0 Å². The second-order valence-electron chi connectivity index (χ2n) is 2.34. The molecule has 1 heterocycles. The summed E-state index contributed by atoms with van der Waals surface area (Å²) in [7, 11) is 0. The van der Waals surface area contributed by atoms with Crippen molar-refractivity contribution in [1.29, 1.82) is 0 Å². The zero-order chi connectivity index (χ0) is 9.68. The van der Waals surface area contributed by atoms with Gasteiger partial charge in [-0.3, -0.25) is 0 Å². The predicted molar refractivity (Wildman–Crippen MR) is 48.5 cm³/mol. The maximum Gasteiger partial charge on any atom is 0.349 e. The molecule has 0 aliphatic rings. The molecule has 0 radical (unpaired) electrons. The summed E-state index contributed by atoms with van der Waals surface area (Å²) in [4.78, 5) is 10.8. The summed E-state index contributed by atoms with van der Waals surface area (Å²) in [5, 5.41) is 18.8. The molecular weight excluding hydrogens is 192 g/mol. The lowest BCUT2D eigenvalue weighted by Crippen LogP contribution is -2.02. The molecule has 5 heteroatoms. The minimum atomic E-state index is -0.978. The lowest BCUT2D eigenvalue weighted by Gasteiger charge is -2.02. The van der Waals surface area contributed by atoms with Crippen molar-refractivity contribution in [1.82, 2.24) is 0 Å². The number of carbonyl (C=O) groups is 1. The third-order valence-electron chi connectivity index (χ3n) is 1.38. The van der Waals surface area contributed by atoms with Crippen molar-refractivity contribution in [3.05, 3.63) is 16.3 Å². The van der Waals surface area contributed by atoms with Gasteiger partial charge in [-0.25, -0.2) is 4.79 Å². The molecule has 0 atom stereocenters. The number of aliphatic hydroxyl groups is 1. The van der Waals surface area contributed by atoms with Gasteiger partial charge in [0.1, 0.15) is 5.75 Å². The van der Waals surface area contributed by atoms with Crippen molar-refractivity contribution in [2.75, 3.05) is 13.2 Å². The van der Waals surface area contributed by atoms with Gasteiger partial charge in [0.15, 0.2) is 4.88 Å². The maximum atomic E-state index is 10.6. The van der Waals surface area contributed by atoms with Crippen LogP contribution < -0.4 is 4.74 Å². The molecule has 4 nitrogen and oxygen atoms in total. The van der Waals surface area contributed by atoms with E-state index in [-0.39, 0.29) is 11.5 Å². The molecule has 2 N–H and O–H groups in total. The zero-order valence-corrected chi connectivity index (χ0v) is 7.71. The quantitative estimate of drug-likeness (QED) is 0.704. The Morgan fingerprint density at radius 1 is 1.62 bits per heavy atom. The van der Waals surface area contributed by atoms with E-state index in [0.717, 1.165) is 11.3 Å². The summed E-state index contributed by atoms with van der Waals surface area (Å²) in [6, 6.07) is 1.62. The number of aromatic carboxylic acids is 1. The summed E-state index contributed by atoms with van der Waals surface area (Å²) in [6.45, 7) is 0.389. The van der Waals surface area contributed by atoms with Crippen LogP contribution in [0.5, 0.6) is 5.75 Å². The average molecular weight is 202 g/mol. The lowest BCUT2D eigenvalue weighted by atomic mass is 10.4. The van der Waals surface area contributed by atoms with E-state index < -0.39 is 5.97 Å².